The highest BCUT2D eigenvalue weighted by molar-refractivity contribution is 7.98. The minimum atomic E-state index is -0.407. The molecule has 0 atom stereocenters. The molecule has 1 aromatic carbocycles. The first-order chi connectivity index (χ1) is 7.09. The predicted octanol–water partition coefficient (Wildman–Crippen LogP) is 3.33. The molecule has 0 fully saturated rings. The summed E-state index contributed by atoms with van der Waals surface area (Å²) in [5, 5.41) is 10.5. The second kappa shape index (κ2) is 5.50. The Balaban J connectivity index is 2.70. The van der Waals surface area contributed by atoms with Crippen LogP contribution in [-0.2, 0) is 0 Å². The van der Waals surface area contributed by atoms with Gasteiger partial charge in [-0.05, 0) is 12.0 Å². The lowest BCUT2D eigenvalue weighted by molar-refractivity contribution is -0.385. The first kappa shape index (κ1) is 11.7. The first-order valence-corrected chi connectivity index (χ1v) is 5.32. The van der Waals surface area contributed by atoms with Gasteiger partial charge in [-0.3, -0.25) is 10.1 Å². The van der Waals surface area contributed by atoms with Crippen LogP contribution < -0.4 is 0 Å². The molecule has 0 amide bonds. The molecule has 0 aliphatic rings. The van der Waals surface area contributed by atoms with Crippen LogP contribution in [0.4, 0.5) is 5.69 Å². The zero-order chi connectivity index (χ0) is 11.3. The van der Waals surface area contributed by atoms with E-state index in [0.717, 1.165) is 4.90 Å². The maximum atomic E-state index is 10.5. The third-order valence-electron chi connectivity index (χ3n) is 1.55. The Morgan fingerprint density at radius 2 is 2.27 bits per heavy atom. The molecular formula is C10H12N2O2S. The molecule has 1 aromatic rings. The Morgan fingerprint density at radius 3 is 2.87 bits per heavy atom. The highest BCUT2D eigenvalue weighted by atomic mass is 32.2. The highest BCUT2D eigenvalue weighted by Crippen LogP contribution is 2.23. The van der Waals surface area contributed by atoms with Crippen molar-refractivity contribution in [3.8, 4) is 0 Å². The summed E-state index contributed by atoms with van der Waals surface area (Å²) in [6, 6.07) is 6.44. The second-order valence-electron chi connectivity index (χ2n) is 3.34. The largest absolute Gasteiger partial charge is 0.270 e. The summed E-state index contributed by atoms with van der Waals surface area (Å²) in [7, 11) is 0. The Bertz CT molecular complexity index is 377. The van der Waals surface area contributed by atoms with E-state index in [1.165, 1.54) is 24.1 Å². The second-order valence-corrected chi connectivity index (χ2v) is 4.21. The summed E-state index contributed by atoms with van der Waals surface area (Å²) in [4.78, 5) is 10.9. The molecule has 80 valence electrons. The van der Waals surface area contributed by atoms with E-state index in [0.29, 0.717) is 5.92 Å². The average Bonchev–Trinajstić information content (AvgIpc) is 2.17. The van der Waals surface area contributed by atoms with Crippen molar-refractivity contribution < 1.29 is 4.92 Å². The van der Waals surface area contributed by atoms with E-state index in [1.54, 1.807) is 12.1 Å². The third kappa shape index (κ3) is 4.12. The normalized spacial score (nSPS) is 11.1. The van der Waals surface area contributed by atoms with Gasteiger partial charge in [-0.2, -0.15) is 0 Å². The van der Waals surface area contributed by atoms with Crippen LogP contribution in [0.1, 0.15) is 13.8 Å². The minimum absolute atomic E-state index is 0.0970. The zero-order valence-corrected chi connectivity index (χ0v) is 9.40. The van der Waals surface area contributed by atoms with Gasteiger partial charge >= 0.3 is 0 Å². The van der Waals surface area contributed by atoms with Gasteiger partial charge in [-0.15, -0.1) is 0 Å². The number of hydrogen-bond donors (Lipinski definition) is 0. The van der Waals surface area contributed by atoms with E-state index in [9.17, 15) is 10.1 Å². The molecule has 0 unspecified atom stereocenters. The van der Waals surface area contributed by atoms with Crippen molar-refractivity contribution in [1.29, 1.82) is 0 Å². The third-order valence-corrected chi connectivity index (χ3v) is 2.24. The Morgan fingerprint density at radius 1 is 1.53 bits per heavy atom. The average molecular weight is 224 g/mol. The molecule has 0 N–H and O–H groups in total. The quantitative estimate of drug-likeness (QED) is 0.341. The maximum absolute atomic E-state index is 10.5. The van der Waals surface area contributed by atoms with Gasteiger partial charge in [-0.1, -0.05) is 19.9 Å². The lowest BCUT2D eigenvalue weighted by Gasteiger charge is -1.96. The van der Waals surface area contributed by atoms with Gasteiger partial charge in [0.25, 0.3) is 5.69 Å². The van der Waals surface area contributed by atoms with Crippen LogP contribution in [0.5, 0.6) is 0 Å². The number of benzene rings is 1. The van der Waals surface area contributed by atoms with Crippen molar-refractivity contribution in [2.24, 2.45) is 10.3 Å². The van der Waals surface area contributed by atoms with Gasteiger partial charge < -0.3 is 0 Å². The predicted molar refractivity (Wildman–Crippen MR) is 62.3 cm³/mol. The van der Waals surface area contributed by atoms with Crippen LogP contribution in [0, 0.1) is 16.0 Å². The van der Waals surface area contributed by atoms with Crippen LogP contribution in [0.2, 0.25) is 0 Å². The highest BCUT2D eigenvalue weighted by Gasteiger charge is 2.05. The summed E-state index contributed by atoms with van der Waals surface area (Å²) in [6.07, 6.45) is 1.81. The molecule has 0 bridgehead atoms. The van der Waals surface area contributed by atoms with Crippen molar-refractivity contribution >= 4 is 23.8 Å². The molecule has 15 heavy (non-hydrogen) atoms. The lowest BCUT2D eigenvalue weighted by atomic mass is 10.3. The lowest BCUT2D eigenvalue weighted by Crippen LogP contribution is -1.87. The van der Waals surface area contributed by atoms with Crippen LogP contribution in [0.25, 0.3) is 0 Å². The minimum Gasteiger partial charge on any atom is -0.258 e. The van der Waals surface area contributed by atoms with Crippen LogP contribution in [-0.4, -0.2) is 11.1 Å². The summed E-state index contributed by atoms with van der Waals surface area (Å²) >= 11 is 1.25. The molecule has 0 spiro atoms. The van der Waals surface area contributed by atoms with Gasteiger partial charge in [0.05, 0.1) is 4.92 Å². The Hall–Kier alpha value is -1.36. The molecule has 0 saturated carbocycles. The van der Waals surface area contributed by atoms with E-state index >= 15 is 0 Å². The fraction of sp³-hybridized carbons (Fsp3) is 0.300. The SMILES string of the molecule is CC(C)C=NSc1cccc([N+](=O)[O-])c1. The van der Waals surface area contributed by atoms with E-state index in [4.69, 9.17) is 0 Å². The number of nitrogens with zero attached hydrogens (tertiary/aromatic N) is 2. The monoisotopic (exact) mass is 224 g/mol. The van der Waals surface area contributed by atoms with E-state index < -0.39 is 4.92 Å². The molecule has 0 heterocycles. The molecule has 0 saturated heterocycles. The Kier molecular flexibility index (Phi) is 4.30. The fourth-order valence-corrected chi connectivity index (χ4v) is 1.61. The smallest absolute Gasteiger partial charge is 0.258 e. The van der Waals surface area contributed by atoms with Crippen LogP contribution in [0.3, 0.4) is 0 Å². The van der Waals surface area contributed by atoms with Gasteiger partial charge in [0.1, 0.15) is 0 Å². The van der Waals surface area contributed by atoms with E-state index in [2.05, 4.69) is 4.40 Å². The standard InChI is InChI=1S/C10H12N2O2S/c1-8(2)7-11-15-10-5-3-4-9(6-10)12(13)14/h3-8H,1-2H3. The summed E-state index contributed by atoms with van der Waals surface area (Å²) in [6.45, 7) is 4.05. The van der Waals surface area contributed by atoms with Crippen molar-refractivity contribution in [2.45, 2.75) is 18.7 Å². The van der Waals surface area contributed by atoms with Crippen molar-refractivity contribution in [1.82, 2.24) is 0 Å². The maximum Gasteiger partial charge on any atom is 0.270 e. The molecule has 4 nitrogen and oxygen atoms in total. The van der Waals surface area contributed by atoms with E-state index in [-0.39, 0.29) is 5.69 Å². The zero-order valence-electron chi connectivity index (χ0n) is 8.58. The summed E-state index contributed by atoms with van der Waals surface area (Å²) in [5.74, 6) is 0.385. The van der Waals surface area contributed by atoms with Crippen molar-refractivity contribution in [3.63, 3.8) is 0 Å². The number of nitro benzene ring substituents is 1. The van der Waals surface area contributed by atoms with Gasteiger partial charge in [0.2, 0.25) is 0 Å². The Labute approximate surface area is 92.7 Å². The number of hydrogen-bond acceptors (Lipinski definition) is 4. The van der Waals surface area contributed by atoms with Gasteiger partial charge in [0.15, 0.2) is 0 Å². The summed E-state index contributed by atoms with van der Waals surface area (Å²) in [5.41, 5.74) is 0.0970. The van der Waals surface area contributed by atoms with Crippen molar-refractivity contribution in [3.05, 3.63) is 34.4 Å². The topological polar surface area (TPSA) is 55.5 Å². The summed E-state index contributed by atoms with van der Waals surface area (Å²) < 4.78 is 4.11. The number of nitro groups is 1. The number of non-ortho nitro benzene ring substituents is 1. The molecule has 0 aromatic heterocycles. The molecule has 0 aliphatic carbocycles. The molecule has 0 aliphatic heterocycles. The van der Waals surface area contributed by atoms with Crippen LogP contribution in [0.15, 0.2) is 33.6 Å². The van der Waals surface area contributed by atoms with Gasteiger partial charge in [-0.25, -0.2) is 4.40 Å². The molecular weight excluding hydrogens is 212 g/mol. The fourth-order valence-electron chi connectivity index (χ4n) is 0.867. The van der Waals surface area contributed by atoms with Gasteiger partial charge in [0, 0.05) is 35.2 Å². The molecule has 5 heteroatoms. The first-order valence-electron chi connectivity index (χ1n) is 4.54. The van der Waals surface area contributed by atoms with Crippen molar-refractivity contribution in [2.75, 3.05) is 0 Å². The van der Waals surface area contributed by atoms with Crippen LogP contribution >= 0.6 is 11.9 Å². The van der Waals surface area contributed by atoms with E-state index in [1.807, 2.05) is 20.1 Å². The molecule has 1 rings (SSSR count). The number of rotatable bonds is 4. The molecule has 0 radical (unpaired) electrons.